The Balaban J connectivity index is 1.63. The average Bonchev–Trinajstić information content (AvgIpc) is 2.87. The summed E-state index contributed by atoms with van der Waals surface area (Å²) in [7, 11) is 4.45. The van der Waals surface area contributed by atoms with Gasteiger partial charge in [-0.05, 0) is 41.8 Å². The molecule has 7 nitrogen and oxygen atoms in total. The van der Waals surface area contributed by atoms with Gasteiger partial charge in [0.15, 0.2) is 16.9 Å². The van der Waals surface area contributed by atoms with Gasteiger partial charge in [-0.2, -0.15) is 0 Å². The second-order valence-corrected chi connectivity index (χ2v) is 8.33. The van der Waals surface area contributed by atoms with Crippen molar-refractivity contribution in [3.63, 3.8) is 0 Å². The lowest BCUT2D eigenvalue weighted by Crippen LogP contribution is -2.13. The van der Waals surface area contributed by atoms with Crippen LogP contribution in [0.2, 0.25) is 0 Å². The van der Waals surface area contributed by atoms with E-state index in [1.165, 1.54) is 33.0 Å². The number of carbonyl (C=O) groups excluding carboxylic acids is 1. The predicted molar refractivity (Wildman–Crippen MR) is 136 cm³/mol. The highest BCUT2D eigenvalue weighted by molar-refractivity contribution is 6.05. The van der Waals surface area contributed by atoms with Crippen LogP contribution < -0.4 is 25.0 Å². The first kappa shape index (κ1) is 23.9. The average molecular weight is 474 g/mol. The molecule has 0 radical (unpaired) electrons. The highest BCUT2D eigenvalue weighted by atomic mass is 16.5. The van der Waals surface area contributed by atoms with E-state index in [9.17, 15) is 9.59 Å². The first-order chi connectivity index (χ1) is 16.8. The van der Waals surface area contributed by atoms with Gasteiger partial charge in [0.05, 0.1) is 26.7 Å². The maximum absolute atomic E-state index is 12.9. The van der Waals surface area contributed by atoms with Gasteiger partial charge in [-0.25, -0.2) is 0 Å². The van der Waals surface area contributed by atoms with Crippen LogP contribution in [0.1, 0.15) is 35.7 Å². The fraction of sp³-hybridized carbons (Fsp3) is 0.214. The Kier molecular flexibility index (Phi) is 6.78. The lowest BCUT2D eigenvalue weighted by atomic mass is 10.0. The third kappa shape index (κ3) is 4.84. The summed E-state index contributed by atoms with van der Waals surface area (Å²) in [4.78, 5) is 25.8. The normalized spacial score (nSPS) is 10.9. The summed E-state index contributed by atoms with van der Waals surface area (Å²) in [6, 6.07) is 17.5. The number of rotatable bonds is 7. The van der Waals surface area contributed by atoms with E-state index in [1.54, 1.807) is 30.3 Å². The summed E-state index contributed by atoms with van der Waals surface area (Å²) in [5.74, 6) is 1.64. The van der Waals surface area contributed by atoms with Gasteiger partial charge in [0, 0.05) is 22.9 Å². The van der Waals surface area contributed by atoms with Gasteiger partial charge < -0.3 is 23.9 Å². The summed E-state index contributed by atoms with van der Waals surface area (Å²) >= 11 is 0. The van der Waals surface area contributed by atoms with Crippen molar-refractivity contribution in [2.45, 2.75) is 19.8 Å². The molecule has 1 aromatic heterocycles. The molecule has 0 aliphatic carbocycles. The molecule has 180 valence electrons. The highest BCUT2D eigenvalue weighted by Crippen LogP contribution is 2.38. The van der Waals surface area contributed by atoms with E-state index >= 15 is 0 Å². The lowest BCUT2D eigenvalue weighted by Gasteiger charge is -2.14. The van der Waals surface area contributed by atoms with Gasteiger partial charge in [0.2, 0.25) is 5.75 Å². The van der Waals surface area contributed by atoms with E-state index in [1.807, 2.05) is 24.3 Å². The van der Waals surface area contributed by atoms with Crippen molar-refractivity contribution in [1.82, 2.24) is 0 Å². The molecule has 0 spiro atoms. The molecule has 7 heteroatoms. The monoisotopic (exact) mass is 473 g/mol. The molecule has 0 aliphatic heterocycles. The molecule has 1 N–H and O–H groups in total. The molecular formula is C28H27NO6. The van der Waals surface area contributed by atoms with E-state index in [0.717, 1.165) is 5.56 Å². The fourth-order valence-corrected chi connectivity index (χ4v) is 3.82. The number of carbonyl (C=O) groups is 1. The largest absolute Gasteiger partial charge is 0.493 e. The Hall–Kier alpha value is -4.26. The lowest BCUT2D eigenvalue weighted by molar-refractivity contribution is 0.102. The zero-order valence-electron chi connectivity index (χ0n) is 20.3. The van der Waals surface area contributed by atoms with Crippen LogP contribution >= 0.6 is 0 Å². The molecule has 0 bridgehead atoms. The summed E-state index contributed by atoms with van der Waals surface area (Å²) in [5, 5.41) is 3.18. The van der Waals surface area contributed by atoms with Crippen LogP contribution in [0.15, 0.2) is 69.9 Å². The zero-order chi connectivity index (χ0) is 25.1. The standard InChI is InChI=1S/C28H27NO6/c1-16(2)17-6-8-18(9-7-17)24-15-22(30)21-14-20(10-11-23(21)35-24)29-28(31)19-12-25(32-3)27(34-5)26(13-19)33-4/h6-16H,1-5H3,(H,29,31). The van der Waals surface area contributed by atoms with Crippen LogP contribution in [0.5, 0.6) is 17.2 Å². The zero-order valence-corrected chi connectivity index (χ0v) is 20.3. The van der Waals surface area contributed by atoms with E-state index in [2.05, 4.69) is 19.2 Å². The minimum absolute atomic E-state index is 0.196. The molecule has 1 heterocycles. The predicted octanol–water partition coefficient (Wildman–Crippen LogP) is 5.86. The number of ether oxygens (including phenoxy) is 3. The Morgan fingerprint density at radius 2 is 1.51 bits per heavy atom. The minimum Gasteiger partial charge on any atom is -0.493 e. The Bertz CT molecular complexity index is 1410. The van der Waals surface area contributed by atoms with Crippen molar-refractivity contribution in [2.75, 3.05) is 26.6 Å². The molecule has 3 aromatic carbocycles. The Morgan fingerprint density at radius 1 is 0.857 bits per heavy atom. The number of nitrogens with one attached hydrogen (secondary N) is 1. The first-order valence-electron chi connectivity index (χ1n) is 11.1. The minimum atomic E-state index is -0.394. The molecule has 35 heavy (non-hydrogen) atoms. The van der Waals surface area contributed by atoms with Crippen LogP contribution in [0.25, 0.3) is 22.3 Å². The number of amides is 1. The molecule has 4 rings (SSSR count). The van der Waals surface area contributed by atoms with Crippen molar-refractivity contribution in [3.05, 3.63) is 82.0 Å². The van der Waals surface area contributed by atoms with Gasteiger partial charge in [0.1, 0.15) is 11.3 Å². The quantitative estimate of drug-likeness (QED) is 0.362. The number of fused-ring (bicyclic) bond motifs is 1. The number of anilines is 1. The van der Waals surface area contributed by atoms with Crippen molar-refractivity contribution < 1.29 is 23.4 Å². The highest BCUT2D eigenvalue weighted by Gasteiger charge is 2.17. The van der Waals surface area contributed by atoms with Crippen LogP contribution in [-0.4, -0.2) is 27.2 Å². The molecule has 0 fully saturated rings. The van der Waals surface area contributed by atoms with Gasteiger partial charge in [-0.15, -0.1) is 0 Å². The van der Waals surface area contributed by atoms with Crippen molar-refractivity contribution in [3.8, 4) is 28.6 Å². The van der Waals surface area contributed by atoms with E-state index in [0.29, 0.717) is 51.1 Å². The molecule has 1 amide bonds. The maximum Gasteiger partial charge on any atom is 0.255 e. The van der Waals surface area contributed by atoms with Crippen molar-refractivity contribution in [1.29, 1.82) is 0 Å². The van der Waals surface area contributed by atoms with E-state index < -0.39 is 5.91 Å². The number of hydrogen-bond acceptors (Lipinski definition) is 6. The molecule has 0 unspecified atom stereocenters. The second kappa shape index (κ2) is 9.93. The number of benzene rings is 3. The molecule has 0 aliphatic rings. The fourth-order valence-electron chi connectivity index (χ4n) is 3.82. The molecule has 4 aromatic rings. The number of methoxy groups -OCH3 is 3. The van der Waals surface area contributed by atoms with E-state index in [4.69, 9.17) is 18.6 Å². The van der Waals surface area contributed by atoms with Crippen molar-refractivity contribution in [2.24, 2.45) is 0 Å². The van der Waals surface area contributed by atoms with Crippen molar-refractivity contribution >= 4 is 22.6 Å². The van der Waals surface area contributed by atoms with Gasteiger partial charge in [0.25, 0.3) is 5.91 Å². The van der Waals surface area contributed by atoms with Crippen LogP contribution in [0.3, 0.4) is 0 Å². The molecule has 0 saturated carbocycles. The third-order valence-electron chi connectivity index (χ3n) is 5.77. The maximum atomic E-state index is 12.9. The number of hydrogen-bond donors (Lipinski definition) is 1. The molecular weight excluding hydrogens is 446 g/mol. The molecule has 0 saturated heterocycles. The first-order valence-corrected chi connectivity index (χ1v) is 11.1. The summed E-state index contributed by atoms with van der Waals surface area (Å²) in [5.41, 5.74) is 3.05. The van der Waals surface area contributed by atoms with Crippen LogP contribution in [-0.2, 0) is 0 Å². The van der Waals surface area contributed by atoms with Gasteiger partial charge in [-0.3, -0.25) is 9.59 Å². The molecule has 0 atom stereocenters. The Morgan fingerprint density at radius 3 is 2.09 bits per heavy atom. The van der Waals surface area contributed by atoms with Gasteiger partial charge in [-0.1, -0.05) is 38.1 Å². The third-order valence-corrected chi connectivity index (χ3v) is 5.77. The summed E-state index contributed by atoms with van der Waals surface area (Å²) in [6.45, 7) is 4.26. The van der Waals surface area contributed by atoms with Gasteiger partial charge >= 0.3 is 0 Å². The Labute approximate surface area is 203 Å². The van der Waals surface area contributed by atoms with Crippen LogP contribution in [0.4, 0.5) is 5.69 Å². The topological polar surface area (TPSA) is 87.0 Å². The van der Waals surface area contributed by atoms with Crippen LogP contribution in [0, 0.1) is 0 Å². The summed E-state index contributed by atoms with van der Waals surface area (Å²) < 4.78 is 21.9. The smallest absolute Gasteiger partial charge is 0.255 e. The van der Waals surface area contributed by atoms with E-state index in [-0.39, 0.29) is 5.43 Å². The second-order valence-electron chi connectivity index (χ2n) is 8.33. The SMILES string of the molecule is COc1cc(C(=O)Nc2ccc3oc(-c4ccc(C(C)C)cc4)cc(=O)c3c2)cc(OC)c1OC. The summed E-state index contributed by atoms with van der Waals surface area (Å²) in [6.07, 6.45) is 0.